The Balaban J connectivity index is 1.51. The molecule has 2 aromatic rings. The summed E-state index contributed by atoms with van der Waals surface area (Å²) in [5, 5.41) is 13.4. The molecule has 0 radical (unpaired) electrons. The number of nitrogens with zero attached hydrogens (tertiary/aromatic N) is 1. The Morgan fingerprint density at radius 1 is 1.26 bits per heavy atom. The lowest BCUT2D eigenvalue weighted by Gasteiger charge is -2.08. The summed E-state index contributed by atoms with van der Waals surface area (Å²) < 4.78 is 15.5. The van der Waals surface area contributed by atoms with Crippen LogP contribution in [0.15, 0.2) is 36.4 Å². The highest BCUT2D eigenvalue weighted by molar-refractivity contribution is 6.32. The summed E-state index contributed by atoms with van der Waals surface area (Å²) in [6.07, 6.45) is 0. The molecule has 0 saturated heterocycles. The summed E-state index contributed by atoms with van der Waals surface area (Å²) in [7, 11) is 0. The topological polar surface area (TPSA) is 117 Å². The summed E-state index contributed by atoms with van der Waals surface area (Å²) in [5.41, 5.74) is 0.451. The van der Waals surface area contributed by atoms with Gasteiger partial charge in [0, 0.05) is 17.7 Å². The van der Waals surface area contributed by atoms with Gasteiger partial charge in [0.2, 0.25) is 6.79 Å². The lowest BCUT2D eigenvalue weighted by atomic mass is 10.2. The maximum absolute atomic E-state index is 12.0. The number of amides is 1. The van der Waals surface area contributed by atoms with Crippen molar-refractivity contribution < 1.29 is 28.7 Å². The Hall–Kier alpha value is -3.33. The third-order valence-corrected chi connectivity index (χ3v) is 3.88. The van der Waals surface area contributed by atoms with Gasteiger partial charge < -0.3 is 19.5 Å². The first-order valence-electron chi connectivity index (χ1n) is 7.70. The molecule has 0 atom stereocenters. The molecule has 2 aromatic carbocycles. The molecule has 3 rings (SSSR count). The van der Waals surface area contributed by atoms with Crippen molar-refractivity contribution in [3.8, 4) is 11.5 Å². The van der Waals surface area contributed by atoms with Crippen molar-refractivity contribution in [2.45, 2.75) is 6.61 Å². The van der Waals surface area contributed by atoms with Gasteiger partial charge in [0.05, 0.1) is 9.95 Å². The molecule has 10 heteroatoms. The molecule has 0 fully saturated rings. The van der Waals surface area contributed by atoms with Gasteiger partial charge in [0.15, 0.2) is 11.5 Å². The van der Waals surface area contributed by atoms with E-state index in [-0.39, 0.29) is 31.2 Å². The highest BCUT2D eigenvalue weighted by Gasteiger charge is 2.19. The fraction of sp³-hybridized carbons (Fsp3) is 0.176. The maximum Gasteiger partial charge on any atom is 0.325 e. The molecule has 1 amide bonds. The summed E-state index contributed by atoms with van der Waals surface area (Å²) >= 11 is 6.05. The molecule has 1 heterocycles. The number of benzene rings is 2. The normalized spacial score (nSPS) is 11.7. The SMILES string of the molecule is O=C(CNC(=O)c1cccc([N+](=O)[O-])c1)OCc1cc(Cl)c2c(c1)OCO2. The van der Waals surface area contributed by atoms with Crippen LogP contribution in [-0.4, -0.2) is 30.1 Å². The highest BCUT2D eigenvalue weighted by atomic mass is 35.5. The zero-order valence-electron chi connectivity index (χ0n) is 13.8. The van der Waals surface area contributed by atoms with Crippen molar-refractivity contribution in [3.05, 3.63) is 62.7 Å². The van der Waals surface area contributed by atoms with Gasteiger partial charge in [0.25, 0.3) is 11.6 Å². The van der Waals surface area contributed by atoms with Crippen LogP contribution >= 0.6 is 11.6 Å². The summed E-state index contributed by atoms with van der Waals surface area (Å²) in [5.74, 6) is -0.396. The van der Waals surface area contributed by atoms with E-state index in [1.807, 2.05) is 0 Å². The first kappa shape index (κ1) is 18.5. The van der Waals surface area contributed by atoms with Gasteiger partial charge in [-0.15, -0.1) is 0 Å². The van der Waals surface area contributed by atoms with E-state index in [2.05, 4.69) is 5.32 Å². The maximum atomic E-state index is 12.0. The average molecular weight is 393 g/mol. The van der Waals surface area contributed by atoms with Gasteiger partial charge in [0.1, 0.15) is 13.2 Å². The van der Waals surface area contributed by atoms with Crippen LogP contribution in [0.3, 0.4) is 0 Å². The third-order valence-electron chi connectivity index (χ3n) is 3.60. The predicted molar refractivity (Wildman–Crippen MR) is 92.8 cm³/mol. The Morgan fingerprint density at radius 3 is 2.85 bits per heavy atom. The number of nitrogens with one attached hydrogen (secondary N) is 1. The molecule has 27 heavy (non-hydrogen) atoms. The first-order valence-corrected chi connectivity index (χ1v) is 8.08. The van der Waals surface area contributed by atoms with Gasteiger partial charge in [-0.25, -0.2) is 0 Å². The number of carbonyl (C=O) groups excluding carboxylic acids is 2. The minimum atomic E-state index is -0.678. The first-order chi connectivity index (χ1) is 12.9. The van der Waals surface area contributed by atoms with Crippen LogP contribution in [0.5, 0.6) is 11.5 Å². The van der Waals surface area contributed by atoms with Crippen molar-refractivity contribution in [1.82, 2.24) is 5.32 Å². The van der Waals surface area contributed by atoms with E-state index in [9.17, 15) is 19.7 Å². The van der Waals surface area contributed by atoms with Crippen molar-refractivity contribution in [2.24, 2.45) is 0 Å². The van der Waals surface area contributed by atoms with E-state index in [1.54, 1.807) is 12.1 Å². The van der Waals surface area contributed by atoms with Crippen LogP contribution in [0.25, 0.3) is 0 Å². The van der Waals surface area contributed by atoms with Crippen LogP contribution in [-0.2, 0) is 16.1 Å². The van der Waals surface area contributed by atoms with E-state index in [4.69, 9.17) is 25.8 Å². The fourth-order valence-corrected chi connectivity index (χ4v) is 2.62. The van der Waals surface area contributed by atoms with Crippen molar-refractivity contribution in [1.29, 1.82) is 0 Å². The standard InChI is InChI=1S/C17H13ClN2O7/c18-13-4-10(5-14-16(13)27-9-26-14)8-25-15(21)7-19-17(22)11-2-1-3-12(6-11)20(23)24/h1-6H,7-9H2,(H,19,22). The summed E-state index contributed by atoms with van der Waals surface area (Å²) in [4.78, 5) is 33.9. The predicted octanol–water partition coefficient (Wildman–Crippen LogP) is 2.45. The second-order valence-electron chi connectivity index (χ2n) is 5.46. The van der Waals surface area contributed by atoms with Crippen LogP contribution in [0.1, 0.15) is 15.9 Å². The smallest absolute Gasteiger partial charge is 0.325 e. The van der Waals surface area contributed by atoms with Crippen molar-refractivity contribution >= 4 is 29.2 Å². The van der Waals surface area contributed by atoms with Gasteiger partial charge in [-0.3, -0.25) is 19.7 Å². The van der Waals surface area contributed by atoms with Gasteiger partial charge in [-0.2, -0.15) is 0 Å². The molecule has 0 unspecified atom stereocenters. The zero-order chi connectivity index (χ0) is 19.4. The van der Waals surface area contributed by atoms with E-state index in [0.717, 1.165) is 6.07 Å². The Bertz CT molecular complexity index is 916. The number of non-ortho nitro benzene ring substituents is 1. The molecule has 1 aliphatic heterocycles. The quantitative estimate of drug-likeness (QED) is 0.455. The zero-order valence-corrected chi connectivity index (χ0v) is 14.5. The molecular weight excluding hydrogens is 380 g/mol. The Kier molecular flexibility index (Phi) is 5.41. The van der Waals surface area contributed by atoms with Crippen LogP contribution in [0, 0.1) is 10.1 Å². The number of hydrogen-bond acceptors (Lipinski definition) is 7. The number of halogens is 1. The summed E-state index contributed by atoms with van der Waals surface area (Å²) in [6, 6.07) is 8.40. The molecule has 0 saturated carbocycles. The fourth-order valence-electron chi connectivity index (χ4n) is 2.33. The Labute approximate surface area is 157 Å². The number of nitro groups is 1. The summed E-state index contributed by atoms with van der Waals surface area (Å²) in [6.45, 7) is -0.385. The number of esters is 1. The molecule has 0 aliphatic carbocycles. The van der Waals surface area contributed by atoms with Crippen LogP contribution in [0.4, 0.5) is 5.69 Å². The molecule has 0 aromatic heterocycles. The van der Waals surface area contributed by atoms with Crippen molar-refractivity contribution in [2.75, 3.05) is 13.3 Å². The number of nitro benzene ring substituents is 1. The third kappa shape index (κ3) is 4.45. The second-order valence-corrected chi connectivity index (χ2v) is 5.87. The second kappa shape index (κ2) is 7.92. The lowest BCUT2D eigenvalue weighted by molar-refractivity contribution is -0.384. The molecular formula is C17H13ClN2O7. The van der Waals surface area contributed by atoms with E-state index in [0.29, 0.717) is 22.1 Å². The Morgan fingerprint density at radius 2 is 2.07 bits per heavy atom. The number of ether oxygens (including phenoxy) is 3. The number of carbonyl (C=O) groups is 2. The van der Waals surface area contributed by atoms with Gasteiger partial charge >= 0.3 is 5.97 Å². The lowest BCUT2D eigenvalue weighted by Crippen LogP contribution is -2.30. The molecule has 0 spiro atoms. The number of hydrogen-bond donors (Lipinski definition) is 1. The molecule has 140 valence electrons. The molecule has 1 N–H and O–H groups in total. The van der Waals surface area contributed by atoms with E-state index < -0.39 is 16.8 Å². The monoisotopic (exact) mass is 392 g/mol. The minimum Gasteiger partial charge on any atom is -0.459 e. The van der Waals surface area contributed by atoms with E-state index in [1.165, 1.54) is 18.2 Å². The molecule has 1 aliphatic rings. The minimum absolute atomic E-state index is 0.0676. The molecule has 0 bridgehead atoms. The van der Waals surface area contributed by atoms with Crippen LogP contribution < -0.4 is 14.8 Å². The van der Waals surface area contributed by atoms with E-state index >= 15 is 0 Å². The largest absolute Gasteiger partial charge is 0.459 e. The highest BCUT2D eigenvalue weighted by Crippen LogP contribution is 2.39. The van der Waals surface area contributed by atoms with Gasteiger partial charge in [-0.1, -0.05) is 17.7 Å². The molecule has 9 nitrogen and oxygen atoms in total. The number of rotatable bonds is 6. The van der Waals surface area contributed by atoms with Gasteiger partial charge in [-0.05, 0) is 23.8 Å². The van der Waals surface area contributed by atoms with Crippen molar-refractivity contribution in [3.63, 3.8) is 0 Å². The average Bonchev–Trinajstić information content (AvgIpc) is 3.13. The van der Waals surface area contributed by atoms with Crippen LogP contribution in [0.2, 0.25) is 5.02 Å². The number of fused-ring (bicyclic) bond motifs is 1.